The lowest BCUT2D eigenvalue weighted by Crippen LogP contribution is -2.19. The van der Waals surface area contributed by atoms with Crippen LogP contribution in [0.3, 0.4) is 0 Å². The maximum absolute atomic E-state index is 11.1. The Morgan fingerprint density at radius 1 is 1.33 bits per heavy atom. The molecule has 0 unspecified atom stereocenters. The van der Waals surface area contributed by atoms with Crippen molar-refractivity contribution < 1.29 is 9.53 Å². The predicted octanol–water partition coefficient (Wildman–Crippen LogP) is 2.23. The Hall–Kier alpha value is -0.830. The Morgan fingerprint density at radius 3 is 2.67 bits per heavy atom. The van der Waals surface area contributed by atoms with Gasteiger partial charge in [0.15, 0.2) is 0 Å². The Kier molecular flexibility index (Phi) is 9.18. The number of hydrogen-bond donors (Lipinski definition) is 0. The molecule has 3 heteroatoms. The van der Waals surface area contributed by atoms with Crippen molar-refractivity contribution in [1.82, 2.24) is 4.90 Å². The third kappa shape index (κ3) is 11.1. The van der Waals surface area contributed by atoms with Crippen LogP contribution in [0, 0.1) is 0 Å². The molecule has 88 valence electrons. The first-order valence-electron chi connectivity index (χ1n) is 5.64. The molecule has 15 heavy (non-hydrogen) atoms. The van der Waals surface area contributed by atoms with E-state index in [9.17, 15) is 4.79 Å². The van der Waals surface area contributed by atoms with Gasteiger partial charge in [-0.3, -0.25) is 0 Å². The molecular formula is C12H23NO2. The molecule has 0 amide bonds. The molecule has 0 saturated heterocycles. The minimum Gasteiger partial charge on any atom is -0.461 e. The van der Waals surface area contributed by atoms with Gasteiger partial charge in [-0.15, -0.1) is 0 Å². The first kappa shape index (κ1) is 14.2. The van der Waals surface area contributed by atoms with Crippen LogP contribution in [0.2, 0.25) is 0 Å². The predicted molar refractivity (Wildman–Crippen MR) is 62.8 cm³/mol. The van der Waals surface area contributed by atoms with Crippen LogP contribution >= 0.6 is 0 Å². The third-order valence-corrected chi connectivity index (χ3v) is 2.01. The summed E-state index contributed by atoms with van der Waals surface area (Å²) in [6.07, 6.45) is 7.98. The van der Waals surface area contributed by atoms with Crippen molar-refractivity contribution in [2.45, 2.75) is 32.6 Å². The lowest BCUT2D eigenvalue weighted by Gasteiger charge is -2.08. The maximum Gasteiger partial charge on any atom is 0.330 e. The lowest BCUT2D eigenvalue weighted by molar-refractivity contribution is -0.138. The molecule has 0 bridgehead atoms. The average molecular weight is 213 g/mol. The van der Waals surface area contributed by atoms with Crippen LogP contribution in [-0.4, -0.2) is 38.1 Å². The van der Waals surface area contributed by atoms with Crippen molar-refractivity contribution in [3.8, 4) is 0 Å². The van der Waals surface area contributed by atoms with E-state index < -0.39 is 0 Å². The number of nitrogens with zero attached hydrogens (tertiary/aromatic N) is 1. The summed E-state index contributed by atoms with van der Waals surface area (Å²) in [5.74, 6) is -0.228. The van der Waals surface area contributed by atoms with Crippen LogP contribution in [-0.2, 0) is 9.53 Å². The summed E-state index contributed by atoms with van der Waals surface area (Å²) in [7, 11) is 3.91. The Bertz CT molecular complexity index is 188. The van der Waals surface area contributed by atoms with Gasteiger partial charge in [0.2, 0.25) is 0 Å². The molecule has 0 aromatic carbocycles. The molecule has 0 heterocycles. The van der Waals surface area contributed by atoms with Crippen LogP contribution < -0.4 is 0 Å². The number of esters is 1. The molecule has 0 spiro atoms. The molecule has 0 saturated carbocycles. The molecule has 0 aliphatic carbocycles. The van der Waals surface area contributed by atoms with E-state index in [1.54, 1.807) is 0 Å². The molecule has 0 aliphatic heterocycles. The highest BCUT2D eigenvalue weighted by molar-refractivity contribution is 5.81. The van der Waals surface area contributed by atoms with Gasteiger partial charge in [0.25, 0.3) is 0 Å². The van der Waals surface area contributed by atoms with Gasteiger partial charge in [0, 0.05) is 12.6 Å². The molecule has 0 rings (SSSR count). The molecule has 0 radical (unpaired) electrons. The standard InChI is InChI=1S/C12H23NO2/c1-4-5-6-7-8-9-12(14)15-11-10-13(2)3/h8-9H,4-7,10-11H2,1-3H3. The monoisotopic (exact) mass is 213 g/mol. The van der Waals surface area contributed by atoms with E-state index in [0.717, 1.165) is 19.4 Å². The minimum atomic E-state index is -0.228. The van der Waals surface area contributed by atoms with E-state index in [1.165, 1.54) is 18.9 Å². The van der Waals surface area contributed by atoms with E-state index in [1.807, 2.05) is 25.1 Å². The number of hydrogen-bond acceptors (Lipinski definition) is 3. The fourth-order valence-corrected chi connectivity index (χ4v) is 1.07. The van der Waals surface area contributed by atoms with Crippen LogP contribution in [0.4, 0.5) is 0 Å². The zero-order chi connectivity index (χ0) is 11.5. The number of likely N-dealkylation sites (N-methyl/N-ethyl adjacent to an activating group) is 1. The summed E-state index contributed by atoms with van der Waals surface area (Å²) in [5, 5.41) is 0. The second kappa shape index (κ2) is 9.71. The summed E-state index contributed by atoms with van der Waals surface area (Å²) in [6.45, 7) is 3.40. The van der Waals surface area contributed by atoms with Crippen molar-refractivity contribution in [3.05, 3.63) is 12.2 Å². The number of ether oxygens (including phenoxy) is 1. The second-order valence-corrected chi connectivity index (χ2v) is 3.87. The Morgan fingerprint density at radius 2 is 2.07 bits per heavy atom. The largest absolute Gasteiger partial charge is 0.461 e. The van der Waals surface area contributed by atoms with Crippen molar-refractivity contribution in [2.75, 3.05) is 27.2 Å². The van der Waals surface area contributed by atoms with Crippen molar-refractivity contribution in [3.63, 3.8) is 0 Å². The number of unbranched alkanes of at least 4 members (excludes halogenated alkanes) is 3. The summed E-state index contributed by atoms with van der Waals surface area (Å²) in [4.78, 5) is 13.1. The molecule has 0 fully saturated rings. The molecule has 0 atom stereocenters. The Balaban J connectivity index is 3.39. The van der Waals surface area contributed by atoms with Crippen LogP contribution in [0.15, 0.2) is 12.2 Å². The van der Waals surface area contributed by atoms with E-state index in [0.29, 0.717) is 6.61 Å². The highest BCUT2D eigenvalue weighted by Crippen LogP contribution is 1.99. The van der Waals surface area contributed by atoms with Gasteiger partial charge in [0.1, 0.15) is 6.61 Å². The summed E-state index contributed by atoms with van der Waals surface area (Å²) in [6, 6.07) is 0. The molecule has 3 nitrogen and oxygen atoms in total. The smallest absolute Gasteiger partial charge is 0.330 e. The number of carbonyl (C=O) groups excluding carboxylic acids is 1. The quantitative estimate of drug-likeness (QED) is 0.352. The van der Waals surface area contributed by atoms with Gasteiger partial charge in [-0.1, -0.05) is 25.8 Å². The van der Waals surface area contributed by atoms with Gasteiger partial charge in [-0.2, -0.15) is 0 Å². The third-order valence-electron chi connectivity index (χ3n) is 2.01. The van der Waals surface area contributed by atoms with E-state index in [4.69, 9.17) is 4.74 Å². The van der Waals surface area contributed by atoms with E-state index in [-0.39, 0.29) is 5.97 Å². The van der Waals surface area contributed by atoms with Gasteiger partial charge < -0.3 is 9.64 Å². The molecule has 0 aliphatic rings. The zero-order valence-corrected chi connectivity index (χ0v) is 10.2. The van der Waals surface area contributed by atoms with Crippen LogP contribution in [0.25, 0.3) is 0 Å². The SMILES string of the molecule is CCCCCC=CC(=O)OCCN(C)C. The maximum atomic E-state index is 11.1. The number of allylic oxidation sites excluding steroid dienone is 1. The van der Waals surface area contributed by atoms with Crippen LogP contribution in [0.5, 0.6) is 0 Å². The molecule has 0 aromatic rings. The van der Waals surface area contributed by atoms with Crippen LogP contribution in [0.1, 0.15) is 32.6 Å². The van der Waals surface area contributed by atoms with Gasteiger partial charge in [-0.05, 0) is 26.9 Å². The fourth-order valence-electron chi connectivity index (χ4n) is 1.07. The first-order valence-corrected chi connectivity index (χ1v) is 5.64. The highest BCUT2D eigenvalue weighted by atomic mass is 16.5. The van der Waals surface area contributed by atoms with Crippen molar-refractivity contribution >= 4 is 5.97 Å². The summed E-state index contributed by atoms with van der Waals surface area (Å²) >= 11 is 0. The molecule has 0 aromatic heterocycles. The topological polar surface area (TPSA) is 29.5 Å². The lowest BCUT2D eigenvalue weighted by atomic mass is 10.2. The molecular weight excluding hydrogens is 190 g/mol. The van der Waals surface area contributed by atoms with Crippen molar-refractivity contribution in [2.24, 2.45) is 0 Å². The Labute approximate surface area is 93.1 Å². The highest BCUT2D eigenvalue weighted by Gasteiger charge is 1.96. The normalized spacial score (nSPS) is 11.2. The van der Waals surface area contributed by atoms with Crippen molar-refractivity contribution in [1.29, 1.82) is 0 Å². The average Bonchev–Trinajstić information content (AvgIpc) is 2.17. The zero-order valence-electron chi connectivity index (χ0n) is 10.2. The fraction of sp³-hybridized carbons (Fsp3) is 0.750. The van der Waals surface area contributed by atoms with Gasteiger partial charge in [-0.25, -0.2) is 4.79 Å². The van der Waals surface area contributed by atoms with Gasteiger partial charge >= 0.3 is 5.97 Å². The van der Waals surface area contributed by atoms with Gasteiger partial charge in [0.05, 0.1) is 0 Å². The number of rotatable bonds is 8. The second-order valence-electron chi connectivity index (χ2n) is 3.87. The minimum absolute atomic E-state index is 0.228. The molecule has 0 N–H and O–H groups in total. The summed E-state index contributed by atoms with van der Waals surface area (Å²) < 4.78 is 4.99. The first-order chi connectivity index (χ1) is 7.16. The van der Waals surface area contributed by atoms with E-state index in [2.05, 4.69) is 6.92 Å². The summed E-state index contributed by atoms with van der Waals surface area (Å²) in [5.41, 5.74) is 0. The van der Waals surface area contributed by atoms with E-state index >= 15 is 0 Å². The number of carbonyl (C=O) groups is 1.